The fraction of sp³-hybridized carbons (Fsp3) is 0.250. The summed E-state index contributed by atoms with van der Waals surface area (Å²) in [6, 6.07) is 15.7. The van der Waals surface area contributed by atoms with E-state index in [1.807, 2.05) is 54.3 Å². The van der Waals surface area contributed by atoms with Crippen molar-refractivity contribution >= 4 is 45.5 Å². The van der Waals surface area contributed by atoms with Gasteiger partial charge < -0.3 is 15.0 Å². The van der Waals surface area contributed by atoms with Crippen LogP contribution in [0.1, 0.15) is 12.5 Å². The van der Waals surface area contributed by atoms with Crippen LogP contribution < -0.4 is 15.0 Å². The number of nitrogens with zero attached hydrogens (tertiary/aromatic N) is 3. The van der Waals surface area contributed by atoms with Crippen molar-refractivity contribution in [3.63, 3.8) is 0 Å². The van der Waals surface area contributed by atoms with Crippen molar-refractivity contribution in [2.45, 2.75) is 22.9 Å². The highest BCUT2D eigenvalue weighted by Crippen LogP contribution is 2.34. The van der Waals surface area contributed by atoms with Crippen LogP contribution in [0.2, 0.25) is 0 Å². The van der Waals surface area contributed by atoms with E-state index in [-0.39, 0.29) is 11.2 Å². The number of nitrogens with one attached hydrogen (secondary N) is 1. The number of methoxy groups -OCH3 is 1. The summed E-state index contributed by atoms with van der Waals surface area (Å²) in [5.41, 5.74) is 3.17. The van der Waals surface area contributed by atoms with Crippen molar-refractivity contribution in [3.8, 4) is 5.75 Å². The number of anilines is 3. The van der Waals surface area contributed by atoms with E-state index in [2.05, 4.69) is 21.6 Å². The Kier molecular flexibility index (Phi) is 5.50. The zero-order valence-corrected chi connectivity index (χ0v) is 17.2. The molecule has 144 valence electrons. The Morgan fingerprint density at radius 1 is 1.21 bits per heavy atom. The van der Waals surface area contributed by atoms with E-state index < -0.39 is 0 Å². The van der Waals surface area contributed by atoms with Crippen LogP contribution in [0, 0.1) is 0 Å². The number of fused-ring (bicyclic) bond motifs is 1. The largest absolute Gasteiger partial charge is 0.497 e. The lowest BCUT2D eigenvalue weighted by Gasteiger charge is -2.20. The summed E-state index contributed by atoms with van der Waals surface area (Å²) in [6.07, 6.45) is 0.911. The van der Waals surface area contributed by atoms with E-state index in [0.717, 1.165) is 34.4 Å². The summed E-state index contributed by atoms with van der Waals surface area (Å²) in [4.78, 5) is 14.8. The highest BCUT2D eigenvalue weighted by atomic mass is 32.2. The molecule has 0 radical (unpaired) electrons. The molecule has 1 aliphatic heterocycles. The van der Waals surface area contributed by atoms with Crippen LogP contribution in [0.15, 0.2) is 52.9 Å². The number of rotatable bonds is 6. The Morgan fingerprint density at radius 2 is 2.00 bits per heavy atom. The van der Waals surface area contributed by atoms with Gasteiger partial charge in [0.2, 0.25) is 11.0 Å². The third-order valence-corrected chi connectivity index (χ3v) is 6.54. The van der Waals surface area contributed by atoms with Crippen LogP contribution in [0.5, 0.6) is 5.75 Å². The van der Waals surface area contributed by atoms with E-state index >= 15 is 0 Å². The molecular formula is C20H20N4O2S2. The van der Waals surface area contributed by atoms with Crippen molar-refractivity contribution in [2.75, 3.05) is 23.9 Å². The first kappa shape index (κ1) is 18.8. The van der Waals surface area contributed by atoms with E-state index in [1.54, 1.807) is 7.11 Å². The summed E-state index contributed by atoms with van der Waals surface area (Å²) in [5, 5.41) is 12.1. The number of aromatic nitrogens is 2. The van der Waals surface area contributed by atoms with Crippen molar-refractivity contribution < 1.29 is 9.53 Å². The zero-order valence-electron chi connectivity index (χ0n) is 15.6. The monoisotopic (exact) mass is 412 g/mol. The maximum Gasteiger partial charge on any atom is 0.240 e. The van der Waals surface area contributed by atoms with Crippen molar-refractivity contribution in [1.82, 2.24) is 10.2 Å². The highest BCUT2D eigenvalue weighted by molar-refractivity contribution is 8.02. The van der Waals surface area contributed by atoms with Crippen molar-refractivity contribution in [3.05, 3.63) is 54.1 Å². The first-order valence-electron chi connectivity index (χ1n) is 8.94. The van der Waals surface area contributed by atoms with Gasteiger partial charge in [0.25, 0.3) is 0 Å². The number of carbonyl (C=O) groups is 1. The Hall–Kier alpha value is -2.58. The number of carbonyl (C=O) groups excluding carboxylic acids is 1. The van der Waals surface area contributed by atoms with Crippen LogP contribution in [0.3, 0.4) is 0 Å². The van der Waals surface area contributed by atoms with Crippen molar-refractivity contribution in [2.24, 2.45) is 0 Å². The number of hydrogen-bond acceptors (Lipinski definition) is 7. The van der Waals surface area contributed by atoms with Crippen LogP contribution in [-0.4, -0.2) is 35.0 Å². The molecule has 1 aliphatic rings. The third-order valence-electron chi connectivity index (χ3n) is 4.53. The first-order valence-corrected chi connectivity index (χ1v) is 10.6. The lowest BCUT2D eigenvalue weighted by molar-refractivity contribution is -0.117. The SMILES string of the molecule is COc1ccc(Nc2nnc(S[C@@H](C)C(=O)N3CCc4ccccc43)s2)cc1. The first-order chi connectivity index (χ1) is 13.6. The second-order valence-corrected chi connectivity index (χ2v) is 8.92. The van der Waals surface area contributed by atoms with Crippen LogP contribution in [0.25, 0.3) is 0 Å². The molecule has 0 saturated heterocycles. The minimum atomic E-state index is -0.229. The normalized spacial score (nSPS) is 13.9. The fourth-order valence-corrected chi connectivity index (χ4v) is 5.07. The lowest BCUT2D eigenvalue weighted by atomic mass is 10.2. The summed E-state index contributed by atoms with van der Waals surface area (Å²) in [5.74, 6) is 0.907. The Morgan fingerprint density at radius 3 is 2.79 bits per heavy atom. The fourth-order valence-electron chi connectivity index (χ4n) is 3.09. The number of hydrogen-bond donors (Lipinski definition) is 1. The van der Waals surface area contributed by atoms with E-state index in [0.29, 0.717) is 5.13 Å². The van der Waals surface area contributed by atoms with Gasteiger partial charge in [0, 0.05) is 17.9 Å². The highest BCUT2D eigenvalue weighted by Gasteiger charge is 2.28. The molecule has 0 unspecified atom stereocenters. The van der Waals surface area contributed by atoms with Crippen LogP contribution in [0.4, 0.5) is 16.5 Å². The summed E-state index contributed by atoms with van der Waals surface area (Å²) >= 11 is 2.88. The molecule has 1 N–H and O–H groups in total. The van der Waals surface area contributed by atoms with E-state index in [4.69, 9.17) is 4.74 Å². The molecule has 0 saturated carbocycles. The predicted molar refractivity (Wildman–Crippen MR) is 114 cm³/mol. The maximum atomic E-state index is 12.9. The average molecular weight is 413 g/mol. The van der Waals surface area contributed by atoms with Gasteiger partial charge >= 0.3 is 0 Å². The Bertz CT molecular complexity index is 974. The average Bonchev–Trinajstić information content (AvgIpc) is 3.35. The molecule has 2 heterocycles. The molecule has 6 nitrogen and oxygen atoms in total. The van der Waals surface area contributed by atoms with Crippen LogP contribution >= 0.6 is 23.1 Å². The van der Waals surface area contributed by atoms with Gasteiger partial charge in [0.1, 0.15) is 5.75 Å². The zero-order chi connectivity index (χ0) is 19.5. The minimum absolute atomic E-state index is 0.106. The van der Waals surface area contributed by atoms with E-state index in [9.17, 15) is 4.79 Å². The molecule has 1 atom stereocenters. The number of amides is 1. The molecule has 0 spiro atoms. The number of para-hydroxylation sites is 1. The molecule has 0 fully saturated rings. The topological polar surface area (TPSA) is 67.3 Å². The van der Waals surface area contributed by atoms with Crippen LogP contribution in [-0.2, 0) is 11.2 Å². The van der Waals surface area contributed by atoms with Crippen molar-refractivity contribution in [1.29, 1.82) is 0 Å². The minimum Gasteiger partial charge on any atom is -0.497 e. The summed E-state index contributed by atoms with van der Waals surface area (Å²) in [6.45, 7) is 2.66. The quantitative estimate of drug-likeness (QED) is 0.607. The smallest absolute Gasteiger partial charge is 0.240 e. The Labute approximate surface area is 171 Å². The standard InChI is InChI=1S/C20H20N4O2S2/c1-13(18(25)24-12-11-14-5-3-4-6-17(14)24)27-20-23-22-19(28-20)21-15-7-9-16(26-2)10-8-15/h3-10,13H,11-12H2,1-2H3,(H,21,22)/t13-/m0/s1. The molecule has 1 aromatic heterocycles. The van der Waals surface area contributed by atoms with Gasteiger partial charge in [0.15, 0.2) is 4.34 Å². The van der Waals surface area contributed by atoms with Gasteiger partial charge in [0.05, 0.1) is 12.4 Å². The van der Waals surface area contributed by atoms with Gasteiger partial charge in [-0.2, -0.15) is 0 Å². The van der Waals surface area contributed by atoms with E-state index in [1.165, 1.54) is 28.7 Å². The molecule has 2 aromatic carbocycles. The number of benzene rings is 2. The second kappa shape index (κ2) is 8.20. The third kappa shape index (κ3) is 3.98. The predicted octanol–water partition coefficient (Wildman–Crippen LogP) is 4.36. The van der Waals surface area contributed by atoms with Gasteiger partial charge in [-0.15, -0.1) is 10.2 Å². The lowest BCUT2D eigenvalue weighted by Crippen LogP contribution is -2.35. The molecule has 4 rings (SSSR count). The molecular weight excluding hydrogens is 392 g/mol. The molecule has 1 amide bonds. The second-order valence-electron chi connectivity index (χ2n) is 6.36. The maximum absolute atomic E-state index is 12.9. The van der Waals surface area contributed by atoms with Gasteiger partial charge in [-0.25, -0.2) is 0 Å². The van der Waals surface area contributed by atoms with Gasteiger partial charge in [-0.1, -0.05) is 41.3 Å². The molecule has 3 aromatic rings. The molecule has 0 bridgehead atoms. The Balaban J connectivity index is 1.38. The van der Waals surface area contributed by atoms with Gasteiger partial charge in [-0.05, 0) is 49.2 Å². The summed E-state index contributed by atoms with van der Waals surface area (Å²) in [7, 11) is 1.64. The summed E-state index contributed by atoms with van der Waals surface area (Å²) < 4.78 is 5.93. The molecule has 0 aliphatic carbocycles. The number of thioether (sulfide) groups is 1. The molecule has 28 heavy (non-hydrogen) atoms. The number of ether oxygens (including phenoxy) is 1. The van der Waals surface area contributed by atoms with Gasteiger partial charge in [-0.3, -0.25) is 4.79 Å². The molecule has 8 heteroatoms.